The molecule has 0 aliphatic heterocycles. The third kappa shape index (κ3) is 5.39. The van der Waals surface area contributed by atoms with Crippen LogP contribution in [0.4, 0.5) is 17.1 Å². The van der Waals surface area contributed by atoms with Crippen molar-refractivity contribution in [3.8, 4) is 0 Å². The SMILES string of the molecule is N=C(N)NCC[C@H](N)C(=O)Nc1cccc2[nH]cc(/N=N/c3ccc(Br)cc3)c12. The number of azo groups is 1. The summed E-state index contributed by atoms with van der Waals surface area (Å²) < 4.78 is 0.961. The van der Waals surface area contributed by atoms with E-state index in [1.54, 1.807) is 12.3 Å². The zero-order valence-corrected chi connectivity index (χ0v) is 17.0. The highest BCUT2D eigenvalue weighted by Crippen LogP contribution is 2.33. The zero-order chi connectivity index (χ0) is 20.8. The van der Waals surface area contributed by atoms with Crippen LogP contribution in [-0.4, -0.2) is 29.4 Å². The molecule has 1 atom stereocenters. The second-order valence-corrected chi connectivity index (χ2v) is 7.22. The minimum Gasteiger partial charge on any atom is -0.370 e. The molecule has 0 aliphatic carbocycles. The van der Waals surface area contributed by atoms with E-state index in [-0.39, 0.29) is 11.9 Å². The zero-order valence-electron chi connectivity index (χ0n) is 15.4. The molecule has 10 heteroatoms. The minimum atomic E-state index is -0.746. The number of carbonyl (C=O) groups excluding carboxylic acids is 1. The average molecular weight is 457 g/mol. The summed E-state index contributed by atoms with van der Waals surface area (Å²) in [7, 11) is 0. The number of rotatable bonds is 7. The number of fused-ring (bicyclic) bond motifs is 1. The Balaban J connectivity index is 1.78. The standard InChI is InChI=1S/C19H21BrN8O/c20-11-4-6-12(7-5-11)27-28-16-10-25-14-2-1-3-15(17(14)16)26-18(29)13(21)8-9-24-19(22)23/h1-7,10,13,25H,8-9,21H2,(H,26,29)(H4,22,23,24)/b28-27+/t13-/m0/s1. The number of benzene rings is 2. The summed E-state index contributed by atoms with van der Waals surface area (Å²) in [6.07, 6.45) is 2.07. The Bertz CT molecular complexity index is 1040. The van der Waals surface area contributed by atoms with Crippen LogP contribution in [0.3, 0.4) is 0 Å². The monoisotopic (exact) mass is 456 g/mol. The highest BCUT2D eigenvalue weighted by molar-refractivity contribution is 9.10. The molecule has 0 aliphatic rings. The maximum atomic E-state index is 12.5. The van der Waals surface area contributed by atoms with Crippen molar-refractivity contribution < 1.29 is 4.79 Å². The van der Waals surface area contributed by atoms with E-state index in [0.717, 1.165) is 15.4 Å². The fourth-order valence-electron chi connectivity index (χ4n) is 2.69. The van der Waals surface area contributed by atoms with Crippen LogP contribution in [0.15, 0.2) is 63.4 Å². The Morgan fingerprint density at radius 1 is 1.21 bits per heavy atom. The van der Waals surface area contributed by atoms with Crippen molar-refractivity contribution in [2.45, 2.75) is 12.5 Å². The number of amides is 1. The summed E-state index contributed by atoms with van der Waals surface area (Å²) >= 11 is 3.39. The van der Waals surface area contributed by atoms with Crippen LogP contribution in [-0.2, 0) is 4.79 Å². The number of carbonyl (C=O) groups is 1. The van der Waals surface area contributed by atoms with Crippen molar-refractivity contribution in [3.05, 3.63) is 53.1 Å². The third-order valence-electron chi connectivity index (χ3n) is 4.15. The fourth-order valence-corrected chi connectivity index (χ4v) is 2.95. The van der Waals surface area contributed by atoms with Gasteiger partial charge >= 0.3 is 0 Å². The van der Waals surface area contributed by atoms with Crippen LogP contribution in [0.1, 0.15) is 6.42 Å². The molecule has 29 heavy (non-hydrogen) atoms. The lowest BCUT2D eigenvalue weighted by molar-refractivity contribution is -0.117. The van der Waals surface area contributed by atoms with Gasteiger partial charge in [0, 0.05) is 22.7 Å². The van der Waals surface area contributed by atoms with Crippen molar-refractivity contribution >= 4 is 55.8 Å². The van der Waals surface area contributed by atoms with E-state index in [1.807, 2.05) is 36.4 Å². The van der Waals surface area contributed by atoms with E-state index in [0.29, 0.717) is 30.0 Å². The molecule has 0 saturated carbocycles. The molecular formula is C19H21BrN8O. The maximum absolute atomic E-state index is 12.5. The van der Waals surface area contributed by atoms with Gasteiger partial charge in [0.05, 0.1) is 22.8 Å². The first-order valence-corrected chi connectivity index (χ1v) is 9.65. The van der Waals surface area contributed by atoms with E-state index in [9.17, 15) is 4.79 Å². The molecule has 1 heterocycles. The maximum Gasteiger partial charge on any atom is 0.241 e. The lowest BCUT2D eigenvalue weighted by Crippen LogP contribution is -2.40. The summed E-state index contributed by atoms with van der Waals surface area (Å²) in [5, 5.41) is 21.9. The number of aromatic nitrogens is 1. The van der Waals surface area contributed by atoms with Crippen molar-refractivity contribution in [1.82, 2.24) is 10.3 Å². The number of guanidine groups is 1. The first-order valence-electron chi connectivity index (χ1n) is 8.86. The van der Waals surface area contributed by atoms with Gasteiger partial charge in [-0.2, -0.15) is 5.11 Å². The van der Waals surface area contributed by atoms with Gasteiger partial charge in [-0.3, -0.25) is 10.2 Å². The van der Waals surface area contributed by atoms with Gasteiger partial charge in [0.1, 0.15) is 5.69 Å². The van der Waals surface area contributed by atoms with E-state index in [1.165, 1.54) is 0 Å². The molecule has 0 radical (unpaired) electrons. The predicted octanol–water partition coefficient (Wildman–Crippen LogP) is 3.48. The number of halogens is 1. The number of hydrogen-bond donors (Lipinski definition) is 6. The molecule has 0 unspecified atom stereocenters. The van der Waals surface area contributed by atoms with Gasteiger partial charge in [0.2, 0.25) is 5.91 Å². The van der Waals surface area contributed by atoms with Crippen molar-refractivity contribution in [1.29, 1.82) is 5.41 Å². The first-order chi connectivity index (χ1) is 13.9. The largest absolute Gasteiger partial charge is 0.370 e. The second-order valence-electron chi connectivity index (χ2n) is 6.30. The molecule has 3 aromatic rings. The summed E-state index contributed by atoms with van der Waals surface area (Å²) in [6.45, 7) is 0.338. The van der Waals surface area contributed by atoms with Gasteiger partial charge in [0.25, 0.3) is 0 Å². The first kappa shape index (κ1) is 20.5. The smallest absolute Gasteiger partial charge is 0.241 e. The number of nitrogens with one attached hydrogen (secondary N) is 4. The highest BCUT2D eigenvalue weighted by atomic mass is 79.9. The van der Waals surface area contributed by atoms with Crippen LogP contribution in [0, 0.1) is 5.41 Å². The number of anilines is 1. The van der Waals surface area contributed by atoms with Crippen molar-refractivity contribution in [2.24, 2.45) is 21.7 Å². The summed E-state index contributed by atoms with van der Waals surface area (Å²) in [5.41, 5.74) is 13.9. The molecule has 150 valence electrons. The molecule has 8 N–H and O–H groups in total. The minimum absolute atomic E-state index is 0.157. The topological polar surface area (TPSA) is 158 Å². The molecule has 0 fully saturated rings. The molecule has 0 spiro atoms. The van der Waals surface area contributed by atoms with E-state index < -0.39 is 6.04 Å². The van der Waals surface area contributed by atoms with E-state index in [4.69, 9.17) is 16.9 Å². The van der Waals surface area contributed by atoms with Crippen molar-refractivity contribution in [3.63, 3.8) is 0 Å². The summed E-state index contributed by atoms with van der Waals surface area (Å²) in [4.78, 5) is 15.6. The molecule has 1 aromatic heterocycles. The molecule has 3 rings (SSSR count). The number of H-pyrrole nitrogens is 1. The van der Waals surface area contributed by atoms with Crippen LogP contribution in [0.5, 0.6) is 0 Å². The van der Waals surface area contributed by atoms with E-state index >= 15 is 0 Å². The Morgan fingerprint density at radius 2 is 1.97 bits per heavy atom. The Hall–Kier alpha value is -3.24. The third-order valence-corrected chi connectivity index (χ3v) is 4.68. The number of nitrogens with two attached hydrogens (primary N) is 2. The van der Waals surface area contributed by atoms with Gasteiger partial charge in [-0.25, -0.2) is 0 Å². The molecule has 0 saturated heterocycles. The second kappa shape index (κ2) is 9.30. The lowest BCUT2D eigenvalue weighted by Gasteiger charge is -2.13. The van der Waals surface area contributed by atoms with Crippen molar-refractivity contribution in [2.75, 3.05) is 11.9 Å². The molecule has 0 bridgehead atoms. The van der Waals surface area contributed by atoms with Crippen LogP contribution in [0.25, 0.3) is 10.9 Å². The predicted molar refractivity (Wildman–Crippen MR) is 118 cm³/mol. The normalized spacial score (nSPS) is 12.2. The van der Waals surface area contributed by atoms with Gasteiger partial charge < -0.3 is 27.1 Å². The number of aromatic amines is 1. The summed E-state index contributed by atoms with van der Waals surface area (Å²) in [5.74, 6) is -0.490. The van der Waals surface area contributed by atoms with E-state index in [2.05, 4.69) is 41.8 Å². The Labute approximate surface area is 175 Å². The lowest BCUT2D eigenvalue weighted by atomic mass is 10.1. The van der Waals surface area contributed by atoms with Gasteiger partial charge in [-0.05, 0) is 42.8 Å². The van der Waals surface area contributed by atoms with Gasteiger partial charge in [-0.1, -0.05) is 22.0 Å². The van der Waals surface area contributed by atoms with Crippen LogP contribution < -0.4 is 22.1 Å². The van der Waals surface area contributed by atoms with Gasteiger partial charge in [-0.15, -0.1) is 5.11 Å². The Morgan fingerprint density at radius 3 is 2.69 bits per heavy atom. The fraction of sp³-hybridized carbons (Fsp3) is 0.158. The highest BCUT2D eigenvalue weighted by Gasteiger charge is 2.16. The number of nitrogens with zero attached hydrogens (tertiary/aromatic N) is 2. The molecular weight excluding hydrogens is 436 g/mol. The van der Waals surface area contributed by atoms with Crippen LogP contribution in [0.2, 0.25) is 0 Å². The van der Waals surface area contributed by atoms with Crippen LogP contribution >= 0.6 is 15.9 Å². The quantitative estimate of drug-likeness (QED) is 0.182. The molecule has 1 amide bonds. The number of hydrogen-bond acceptors (Lipinski definition) is 5. The average Bonchev–Trinajstić information content (AvgIpc) is 3.11. The summed E-state index contributed by atoms with van der Waals surface area (Å²) in [6, 6.07) is 12.2. The molecule has 9 nitrogen and oxygen atoms in total. The molecule has 2 aromatic carbocycles. The van der Waals surface area contributed by atoms with Gasteiger partial charge in [0.15, 0.2) is 5.96 Å². The Kier molecular flexibility index (Phi) is 6.57.